The second-order valence-corrected chi connectivity index (χ2v) is 5.87. The van der Waals surface area contributed by atoms with Crippen LogP contribution in [0.15, 0.2) is 54.9 Å². The fraction of sp³-hybridized carbons (Fsp3) is 0.167. The van der Waals surface area contributed by atoms with Crippen LogP contribution in [0.2, 0.25) is 5.02 Å². The topological polar surface area (TPSA) is 62.3 Å². The fourth-order valence-corrected chi connectivity index (χ4v) is 2.68. The highest BCUT2D eigenvalue weighted by Crippen LogP contribution is 2.23. The van der Waals surface area contributed by atoms with Gasteiger partial charge in [-0.15, -0.1) is 0 Å². The lowest BCUT2D eigenvalue weighted by Gasteiger charge is -2.17. The van der Waals surface area contributed by atoms with E-state index in [-0.39, 0.29) is 11.8 Å². The first kappa shape index (κ1) is 16.2. The first-order valence-electron chi connectivity index (χ1n) is 7.59. The molecule has 1 aromatic carbocycles. The van der Waals surface area contributed by atoms with Crippen LogP contribution in [0, 0.1) is 0 Å². The van der Waals surface area contributed by atoms with Crippen molar-refractivity contribution >= 4 is 35.2 Å². The van der Waals surface area contributed by atoms with Gasteiger partial charge in [0.05, 0.1) is 0 Å². The molecule has 2 aromatic rings. The molecule has 2 heterocycles. The van der Waals surface area contributed by atoms with Gasteiger partial charge in [0.25, 0.3) is 0 Å². The molecular formula is C18H16ClN3O2. The molecule has 5 nitrogen and oxygen atoms in total. The van der Waals surface area contributed by atoms with Crippen LogP contribution in [0.4, 0.5) is 5.69 Å². The molecule has 0 saturated carbocycles. The molecule has 1 fully saturated rings. The normalized spacial score (nSPS) is 17.5. The number of anilines is 1. The van der Waals surface area contributed by atoms with Gasteiger partial charge in [-0.25, -0.2) is 0 Å². The number of nitrogens with one attached hydrogen (secondary N) is 1. The highest BCUT2D eigenvalue weighted by Gasteiger charge is 2.33. The van der Waals surface area contributed by atoms with E-state index in [0.717, 1.165) is 11.3 Å². The largest absolute Gasteiger partial charge is 0.341 e. The van der Waals surface area contributed by atoms with Gasteiger partial charge in [-0.05, 0) is 48.4 Å². The summed E-state index contributed by atoms with van der Waals surface area (Å²) in [5.41, 5.74) is 1.61. The van der Waals surface area contributed by atoms with Crippen LogP contribution in [0.3, 0.4) is 0 Å². The van der Waals surface area contributed by atoms with E-state index in [1.54, 1.807) is 53.7 Å². The van der Waals surface area contributed by atoms with E-state index in [4.69, 9.17) is 11.6 Å². The molecule has 122 valence electrons. The molecule has 1 unspecified atom stereocenters. The van der Waals surface area contributed by atoms with Crippen LogP contribution in [0.5, 0.6) is 0 Å². The number of hydrogen-bond acceptors (Lipinski definition) is 3. The van der Waals surface area contributed by atoms with Crippen molar-refractivity contribution in [3.8, 4) is 0 Å². The number of aromatic nitrogens is 1. The smallest absolute Gasteiger partial charge is 0.249 e. The van der Waals surface area contributed by atoms with Crippen molar-refractivity contribution in [3.05, 3.63) is 65.5 Å². The molecular weight excluding hydrogens is 326 g/mol. The molecule has 1 saturated heterocycles. The first-order chi connectivity index (χ1) is 11.6. The SMILES string of the molecule is O=C(C=Cc1cccnc1)NC1CCN(c2ccc(Cl)cc2)C1=O. The number of halogens is 1. The number of hydrogen-bond donors (Lipinski definition) is 1. The summed E-state index contributed by atoms with van der Waals surface area (Å²) in [5.74, 6) is -0.407. The van der Waals surface area contributed by atoms with Gasteiger partial charge in [0.2, 0.25) is 11.8 Å². The number of benzene rings is 1. The predicted molar refractivity (Wildman–Crippen MR) is 93.6 cm³/mol. The summed E-state index contributed by atoms with van der Waals surface area (Å²) in [4.78, 5) is 30.1. The summed E-state index contributed by atoms with van der Waals surface area (Å²) >= 11 is 5.87. The lowest BCUT2D eigenvalue weighted by Crippen LogP contribution is -2.40. The zero-order valence-electron chi connectivity index (χ0n) is 12.9. The van der Waals surface area contributed by atoms with E-state index in [1.165, 1.54) is 6.08 Å². The van der Waals surface area contributed by atoms with Gasteiger partial charge in [-0.3, -0.25) is 14.6 Å². The van der Waals surface area contributed by atoms with Crippen LogP contribution in [0.1, 0.15) is 12.0 Å². The highest BCUT2D eigenvalue weighted by molar-refractivity contribution is 6.30. The molecule has 1 N–H and O–H groups in total. The van der Waals surface area contributed by atoms with E-state index in [2.05, 4.69) is 10.3 Å². The minimum atomic E-state index is -0.508. The second kappa shape index (κ2) is 7.27. The molecule has 1 aromatic heterocycles. The summed E-state index contributed by atoms with van der Waals surface area (Å²) in [6.45, 7) is 0.567. The Morgan fingerprint density at radius 1 is 1.29 bits per heavy atom. The lowest BCUT2D eigenvalue weighted by molar-refractivity contribution is -0.123. The second-order valence-electron chi connectivity index (χ2n) is 5.44. The zero-order chi connectivity index (χ0) is 16.9. The Labute approximate surface area is 145 Å². The molecule has 6 heteroatoms. The molecule has 0 aliphatic carbocycles. The maximum absolute atomic E-state index is 12.4. The van der Waals surface area contributed by atoms with Crippen molar-refractivity contribution in [1.82, 2.24) is 10.3 Å². The molecule has 0 radical (unpaired) electrons. The number of carbonyl (C=O) groups is 2. The summed E-state index contributed by atoms with van der Waals surface area (Å²) in [7, 11) is 0. The first-order valence-corrected chi connectivity index (χ1v) is 7.97. The van der Waals surface area contributed by atoms with Crippen molar-refractivity contribution in [1.29, 1.82) is 0 Å². The van der Waals surface area contributed by atoms with Gasteiger partial charge in [0.15, 0.2) is 0 Å². The maximum Gasteiger partial charge on any atom is 0.249 e. The van der Waals surface area contributed by atoms with Crippen molar-refractivity contribution in [3.63, 3.8) is 0 Å². The van der Waals surface area contributed by atoms with Gasteiger partial charge >= 0.3 is 0 Å². The third kappa shape index (κ3) is 3.81. The van der Waals surface area contributed by atoms with E-state index >= 15 is 0 Å². The van der Waals surface area contributed by atoms with Gasteiger partial charge in [-0.1, -0.05) is 17.7 Å². The van der Waals surface area contributed by atoms with Crippen molar-refractivity contribution < 1.29 is 9.59 Å². The van der Waals surface area contributed by atoms with Crippen molar-refractivity contribution in [2.24, 2.45) is 0 Å². The molecule has 3 rings (SSSR count). The van der Waals surface area contributed by atoms with Crippen molar-refractivity contribution in [2.45, 2.75) is 12.5 Å². The predicted octanol–water partition coefficient (Wildman–Crippen LogP) is 2.67. The van der Waals surface area contributed by atoms with E-state index in [0.29, 0.717) is 18.0 Å². The Kier molecular flexibility index (Phi) is 4.91. The van der Waals surface area contributed by atoms with Crippen LogP contribution in [-0.2, 0) is 9.59 Å². The maximum atomic E-state index is 12.4. The average molecular weight is 342 g/mol. The van der Waals surface area contributed by atoms with E-state index < -0.39 is 6.04 Å². The quantitative estimate of drug-likeness (QED) is 0.870. The number of nitrogens with zero attached hydrogens (tertiary/aromatic N) is 2. The van der Waals surface area contributed by atoms with E-state index in [9.17, 15) is 9.59 Å². The van der Waals surface area contributed by atoms with Gasteiger partial charge in [-0.2, -0.15) is 0 Å². The van der Waals surface area contributed by atoms with Crippen molar-refractivity contribution in [2.75, 3.05) is 11.4 Å². The Bertz CT molecular complexity index is 760. The summed E-state index contributed by atoms with van der Waals surface area (Å²) in [6, 6.07) is 10.2. The Hall–Kier alpha value is -2.66. The average Bonchev–Trinajstić information content (AvgIpc) is 2.95. The number of carbonyl (C=O) groups excluding carboxylic acids is 2. The molecule has 2 amide bonds. The molecule has 1 aliphatic rings. The van der Waals surface area contributed by atoms with Gasteiger partial charge in [0.1, 0.15) is 6.04 Å². The summed E-state index contributed by atoms with van der Waals surface area (Å²) < 4.78 is 0. The van der Waals surface area contributed by atoms with Gasteiger partial charge < -0.3 is 10.2 Å². The lowest BCUT2D eigenvalue weighted by atomic mass is 10.2. The standard InChI is InChI=1S/C18H16ClN3O2/c19-14-4-6-15(7-5-14)22-11-9-16(18(22)24)21-17(23)8-3-13-2-1-10-20-12-13/h1-8,10,12,16H,9,11H2,(H,21,23). The minimum absolute atomic E-state index is 0.111. The number of rotatable bonds is 4. The molecule has 0 spiro atoms. The molecule has 1 atom stereocenters. The molecule has 0 bridgehead atoms. The van der Waals surface area contributed by atoms with Crippen LogP contribution < -0.4 is 10.2 Å². The Balaban J connectivity index is 1.60. The third-order valence-corrected chi connectivity index (χ3v) is 4.02. The Morgan fingerprint density at radius 2 is 2.08 bits per heavy atom. The van der Waals surface area contributed by atoms with Crippen LogP contribution in [-0.4, -0.2) is 29.4 Å². The van der Waals surface area contributed by atoms with E-state index in [1.807, 2.05) is 6.07 Å². The molecule has 24 heavy (non-hydrogen) atoms. The number of amides is 2. The van der Waals surface area contributed by atoms with Gasteiger partial charge in [0, 0.05) is 35.7 Å². The Morgan fingerprint density at radius 3 is 2.79 bits per heavy atom. The fourth-order valence-electron chi connectivity index (χ4n) is 2.56. The summed E-state index contributed by atoms with van der Waals surface area (Å²) in [5, 5.41) is 3.37. The number of pyridine rings is 1. The van der Waals surface area contributed by atoms with Crippen LogP contribution >= 0.6 is 11.6 Å². The molecule has 1 aliphatic heterocycles. The monoisotopic (exact) mass is 341 g/mol. The highest BCUT2D eigenvalue weighted by atomic mass is 35.5. The van der Waals surface area contributed by atoms with Crippen LogP contribution in [0.25, 0.3) is 6.08 Å². The summed E-state index contributed by atoms with van der Waals surface area (Å²) in [6.07, 6.45) is 6.98. The zero-order valence-corrected chi connectivity index (χ0v) is 13.6. The third-order valence-electron chi connectivity index (χ3n) is 3.77. The minimum Gasteiger partial charge on any atom is -0.341 e.